The highest BCUT2D eigenvalue weighted by atomic mass is 16.5. The number of esters is 1. The van der Waals surface area contributed by atoms with Gasteiger partial charge in [0.05, 0.1) is 25.3 Å². The van der Waals surface area contributed by atoms with Gasteiger partial charge in [0, 0.05) is 12.1 Å². The van der Waals surface area contributed by atoms with Crippen molar-refractivity contribution in [3.63, 3.8) is 0 Å². The summed E-state index contributed by atoms with van der Waals surface area (Å²) in [5.74, 6) is -0.873. The van der Waals surface area contributed by atoms with Gasteiger partial charge in [-0.1, -0.05) is 19.3 Å². The lowest BCUT2D eigenvalue weighted by molar-refractivity contribution is -0.142. The normalized spacial score (nSPS) is 17.0. The maximum atomic E-state index is 12.2. The Balaban J connectivity index is 2.16. The summed E-state index contributed by atoms with van der Waals surface area (Å²) >= 11 is 0. The van der Waals surface area contributed by atoms with Crippen LogP contribution in [0.25, 0.3) is 0 Å². The lowest BCUT2D eigenvalue weighted by Gasteiger charge is -2.37. The Morgan fingerprint density at radius 1 is 1.33 bits per heavy atom. The van der Waals surface area contributed by atoms with Gasteiger partial charge in [0.2, 0.25) is 0 Å². The van der Waals surface area contributed by atoms with Gasteiger partial charge in [0.25, 0.3) is 5.91 Å². The fourth-order valence-electron chi connectivity index (χ4n) is 2.73. The van der Waals surface area contributed by atoms with Crippen LogP contribution < -0.4 is 10.7 Å². The van der Waals surface area contributed by atoms with Gasteiger partial charge in [-0.25, -0.2) is 0 Å². The van der Waals surface area contributed by atoms with Crippen LogP contribution in [0.1, 0.15) is 49.1 Å². The third-order valence-corrected chi connectivity index (χ3v) is 3.82. The number of ether oxygens (including phenoxy) is 1. The molecular formula is C15H19NO5. The smallest absolute Gasteiger partial charge is 0.307 e. The molecule has 1 heterocycles. The second-order valence-electron chi connectivity index (χ2n) is 5.38. The molecule has 0 unspecified atom stereocenters. The maximum Gasteiger partial charge on any atom is 0.307 e. The third-order valence-electron chi connectivity index (χ3n) is 3.82. The lowest BCUT2D eigenvalue weighted by Crippen LogP contribution is -2.51. The van der Waals surface area contributed by atoms with Crippen molar-refractivity contribution in [1.29, 1.82) is 0 Å². The van der Waals surface area contributed by atoms with Crippen LogP contribution in [0.3, 0.4) is 0 Å². The Morgan fingerprint density at radius 2 is 2.05 bits per heavy atom. The molecule has 6 heteroatoms. The van der Waals surface area contributed by atoms with Crippen molar-refractivity contribution < 1.29 is 18.7 Å². The van der Waals surface area contributed by atoms with Gasteiger partial charge in [-0.15, -0.1) is 0 Å². The molecule has 1 aliphatic carbocycles. The van der Waals surface area contributed by atoms with E-state index in [0.717, 1.165) is 25.3 Å². The molecule has 6 nitrogen and oxygen atoms in total. The highest BCUT2D eigenvalue weighted by Crippen LogP contribution is 2.31. The molecule has 1 fully saturated rings. The first-order valence-electron chi connectivity index (χ1n) is 7.03. The van der Waals surface area contributed by atoms with E-state index in [4.69, 9.17) is 9.15 Å². The first kappa shape index (κ1) is 15.3. The maximum absolute atomic E-state index is 12.2. The zero-order valence-electron chi connectivity index (χ0n) is 12.0. The zero-order valence-corrected chi connectivity index (χ0v) is 12.0. The summed E-state index contributed by atoms with van der Waals surface area (Å²) in [5.41, 5.74) is -0.909. The van der Waals surface area contributed by atoms with E-state index in [2.05, 4.69) is 5.32 Å². The highest BCUT2D eigenvalue weighted by molar-refractivity contribution is 5.92. The van der Waals surface area contributed by atoms with Gasteiger partial charge in [0.15, 0.2) is 11.2 Å². The molecule has 0 radical (unpaired) electrons. The minimum atomic E-state index is -0.614. The summed E-state index contributed by atoms with van der Waals surface area (Å²) in [4.78, 5) is 35.1. The Bertz CT molecular complexity index is 571. The predicted octanol–water partition coefficient (Wildman–Crippen LogP) is 1.64. The monoisotopic (exact) mass is 293 g/mol. The average molecular weight is 293 g/mol. The van der Waals surface area contributed by atoms with E-state index in [1.165, 1.54) is 19.4 Å². The Morgan fingerprint density at radius 3 is 2.67 bits per heavy atom. The molecule has 0 atom stereocenters. The fourth-order valence-corrected chi connectivity index (χ4v) is 2.73. The van der Waals surface area contributed by atoms with Crippen molar-refractivity contribution in [1.82, 2.24) is 5.32 Å². The predicted molar refractivity (Wildman–Crippen MR) is 74.9 cm³/mol. The molecule has 0 aliphatic heterocycles. The van der Waals surface area contributed by atoms with E-state index in [1.807, 2.05) is 0 Å². The van der Waals surface area contributed by atoms with E-state index in [1.54, 1.807) is 0 Å². The van der Waals surface area contributed by atoms with Crippen LogP contribution in [-0.2, 0) is 9.53 Å². The van der Waals surface area contributed by atoms with Crippen LogP contribution in [0.4, 0.5) is 0 Å². The van der Waals surface area contributed by atoms with Crippen molar-refractivity contribution in [2.75, 3.05) is 7.11 Å². The van der Waals surface area contributed by atoms with Gasteiger partial charge < -0.3 is 14.5 Å². The molecule has 0 aromatic carbocycles. The molecule has 1 N–H and O–H groups in total. The van der Waals surface area contributed by atoms with Crippen molar-refractivity contribution >= 4 is 11.9 Å². The number of nitrogens with one attached hydrogen (secondary N) is 1. The number of hydrogen-bond donors (Lipinski definition) is 1. The number of carbonyl (C=O) groups is 2. The second-order valence-corrected chi connectivity index (χ2v) is 5.38. The molecule has 0 spiro atoms. The summed E-state index contributed by atoms with van der Waals surface area (Å²) in [6.45, 7) is 0. The third kappa shape index (κ3) is 3.93. The summed E-state index contributed by atoms with van der Waals surface area (Å²) in [5, 5.41) is 2.87. The molecule has 0 saturated heterocycles. The topological polar surface area (TPSA) is 85.6 Å². The molecule has 0 bridgehead atoms. The Hall–Kier alpha value is -2.11. The minimum Gasteiger partial charge on any atom is -0.469 e. The number of rotatable bonds is 4. The largest absolute Gasteiger partial charge is 0.469 e. The second kappa shape index (κ2) is 6.56. The minimum absolute atomic E-state index is 0.0442. The van der Waals surface area contributed by atoms with E-state index in [0.29, 0.717) is 12.8 Å². The average Bonchev–Trinajstić information content (AvgIpc) is 2.47. The molecule has 21 heavy (non-hydrogen) atoms. The van der Waals surface area contributed by atoms with Gasteiger partial charge in [-0.3, -0.25) is 14.4 Å². The van der Waals surface area contributed by atoms with Gasteiger partial charge >= 0.3 is 5.97 Å². The van der Waals surface area contributed by atoms with Gasteiger partial charge in [-0.05, 0) is 12.8 Å². The van der Waals surface area contributed by atoms with Gasteiger partial charge in [0.1, 0.15) is 0 Å². The Labute approximate surface area is 122 Å². The molecular weight excluding hydrogens is 274 g/mol. The molecule has 1 amide bonds. The SMILES string of the molecule is COC(=O)CC1(NC(=O)c2cc(=O)cco2)CCCCC1. The van der Waals surface area contributed by atoms with Crippen LogP contribution >= 0.6 is 0 Å². The van der Waals surface area contributed by atoms with Gasteiger partial charge in [-0.2, -0.15) is 0 Å². The van der Waals surface area contributed by atoms with E-state index in [9.17, 15) is 14.4 Å². The number of hydrogen-bond acceptors (Lipinski definition) is 5. The van der Waals surface area contributed by atoms with Crippen molar-refractivity contribution in [2.45, 2.75) is 44.1 Å². The van der Waals surface area contributed by atoms with Crippen LogP contribution in [0.2, 0.25) is 0 Å². The number of methoxy groups -OCH3 is 1. The van der Waals surface area contributed by atoms with E-state index < -0.39 is 11.4 Å². The van der Waals surface area contributed by atoms with Crippen LogP contribution in [-0.4, -0.2) is 24.5 Å². The van der Waals surface area contributed by atoms with Crippen LogP contribution in [0, 0.1) is 0 Å². The van der Waals surface area contributed by atoms with E-state index >= 15 is 0 Å². The van der Waals surface area contributed by atoms with Crippen molar-refractivity contribution in [3.05, 3.63) is 34.4 Å². The Kier molecular flexibility index (Phi) is 4.77. The molecule has 114 valence electrons. The molecule has 1 aromatic rings. The lowest BCUT2D eigenvalue weighted by atomic mass is 9.79. The standard InChI is InChI=1S/C15H19NO5/c1-20-13(18)10-15(6-3-2-4-7-15)16-14(19)12-9-11(17)5-8-21-12/h5,8-9H,2-4,6-7,10H2,1H3,(H,16,19). The van der Waals surface area contributed by atoms with Crippen molar-refractivity contribution in [3.8, 4) is 0 Å². The van der Waals surface area contributed by atoms with Crippen LogP contribution in [0.5, 0.6) is 0 Å². The summed E-state index contributed by atoms with van der Waals surface area (Å²) in [6.07, 6.45) is 5.71. The first-order chi connectivity index (χ1) is 10.0. The summed E-state index contributed by atoms with van der Waals surface area (Å²) in [7, 11) is 1.33. The molecule has 1 aromatic heterocycles. The molecule has 1 saturated carbocycles. The summed E-state index contributed by atoms with van der Waals surface area (Å²) < 4.78 is 9.78. The van der Waals surface area contributed by atoms with Crippen LogP contribution in [0.15, 0.2) is 27.6 Å². The molecule has 2 rings (SSSR count). The fraction of sp³-hybridized carbons (Fsp3) is 0.533. The number of carbonyl (C=O) groups excluding carboxylic acids is 2. The highest BCUT2D eigenvalue weighted by Gasteiger charge is 2.36. The quantitative estimate of drug-likeness (QED) is 0.853. The molecule has 1 aliphatic rings. The zero-order chi connectivity index (χ0) is 15.3. The van der Waals surface area contributed by atoms with Crippen molar-refractivity contribution in [2.24, 2.45) is 0 Å². The summed E-state index contributed by atoms with van der Waals surface area (Å²) in [6, 6.07) is 2.38. The van der Waals surface area contributed by atoms with E-state index in [-0.39, 0.29) is 23.6 Å². The number of amides is 1. The first-order valence-corrected chi connectivity index (χ1v) is 7.03.